The fourth-order valence-corrected chi connectivity index (χ4v) is 13.6. The van der Waals surface area contributed by atoms with Gasteiger partial charge in [-0.3, -0.25) is 33.9 Å². The predicted octanol–water partition coefficient (Wildman–Crippen LogP) is 6.66. The highest BCUT2D eigenvalue weighted by Crippen LogP contribution is 2.53. The largest absolute Gasteiger partial charge is 0.492 e. The normalized spacial score (nSPS) is 26.2. The summed E-state index contributed by atoms with van der Waals surface area (Å²) in [5.41, 5.74) is 6.54. The third-order valence-electron chi connectivity index (χ3n) is 16.8. The Bertz CT molecular complexity index is 2690. The molecule has 326 valence electrons. The van der Waals surface area contributed by atoms with Gasteiger partial charge in [0.25, 0.3) is 11.5 Å². The topological polar surface area (TPSA) is 134 Å². The molecule has 6 aliphatic heterocycles. The smallest absolute Gasteiger partial charge is 0.282 e. The molecule has 1 N–H and O–H groups in total. The zero-order valence-electron chi connectivity index (χ0n) is 35.6. The van der Waals surface area contributed by atoms with E-state index < -0.39 is 11.9 Å². The first-order valence-corrected chi connectivity index (χ1v) is 23.8. The van der Waals surface area contributed by atoms with E-state index in [9.17, 15) is 24.0 Å². The fourth-order valence-electron chi connectivity index (χ4n) is 13.4. The zero-order chi connectivity index (χ0) is 42.8. The average molecular weight is 869 g/mol. The molecule has 0 radical (unpaired) electrons. The molecular formula is C50H53ClN6O6. The van der Waals surface area contributed by atoms with Gasteiger partial charge in [-0.1, -0.05) is 55.1 Å². The number of amides is 4. The third-order valence-corrected chi connectivity index (χ3v) is 17.1. The van der Waals surface area contributed by atoms with E-state index in [1.54, 1.807) is 11.0 Å². The van der Waals surface area contributed by atoms with E-state index in [0.717, 1.165) is 118 Å². The molecule has 8 aliphatic rings. The number of halogens is 1. The highest BCUT2D eigenvalue weighted by atomic mass is 35.5. The lowest BCUT2D eigenvalue weighted by Crippen LogP contribution is -2.52. The Morgan fingerprint density at radius 2 is 1.67 bits per heavy atom. The summed E-state index contributed by atoms with van der Waals surface area (Å²) in [5.74, 6) is 1.56. The average Bonchev–Trinajstić information content (AvgIpc) is 4.07. The minimum absolute atomic E-state index is 0.0539. The number of likely N-dealkylation sites (tertiary alicyclic amines) is 2. The SMILES string of the molecule is O=C1CC[C@H](N2Cc3c(ccc4c3OCC43CCN(C(=O)C4CCC(N5CCC(c6ccc7c(c6)C6(CCCCC6)c6nc(=O)c8c(Cl)cccc8n6-7)CC5)C4)CC3)C2=O)C(=O)N1. The maximum absolute atomic E-state index is 14.1. The second-order valence-corrected chi connectivity index (χ2v) is 20.3. The van der Waals surface area contributed by atoms with E-state index in [-0.39, 0.29) is 40.5 Å². The van der Waals surface area contributed by atoms with Crippen molar-refractivity contribution in [1.82, 2.24) is 29.6 Å². The summed E-state index contributed by atoms with van der Waals surface area (Å²) in [6.45, 7) is 4.27. The van der Waals surface area contributed by atoms with Crippen molar-refractivity contribution < 1.29 is 23.9 Å². The zero-order valence-corrected chi connectivity index (χ0v) is 36.4. The molecule has 2 saturated carbocycles. The number of carbonyl (C=O) groups is 4. The monoisotopic (exact) mass is 868 g/mol. The number of hydrogen-bond acceptors (Lipinski definition) is 8. The summed E-state index contributed by atoms with van der Waals surface area (Å²) in [6, 6.07) is 16.5. The Labute approximate surface area is 371 Å². The van der Waals surface area contributed by atoms with Crippen molar-refractivity contribution in [3.05, 3.63) is 97.5 Å². The van der Waals surface area contributed by atoms with Gasteiger partial charge in [0.15, 0.2) is 0 Å². The van der Waals surface area contributed by atoms with E-state index in [1.165, 1.54) is 17.5 Å². The van der Waals surface area contributed by atoms with Crippen molar-refractivity contribution >= 4 is 46.1 Å². The number of rotatable bonds is 4. The molecule has 13 heteroatoms. The molecule has 63 heavy (non-hydrogen) atoms. The predicted molar refractivity (Wildman–Crippen MR) is 236 cm³/mol. The molecule has 12 rings (SSSR count). The second kappa shape index (κ2) is 14.7. The first-order valence-electron chi connectivity index (χ1n) is 23.5. The highest BCUT2D eigenvalue weighted by Gasteiger charge is 2.50. The third kappa shape index (κ3) is 6.02. The Kier molecular flexibility index (Phi) is 9.24. The number of piperidine rings is 3. The molecule has 3 aromatic carbocycles. The van der Waals surface area contributed by atoms with Crippen LogP contribution in [0, 0.1) is 5.92 Å². The van der Waals surface area contributed by atoms with Crippen LogP contribution < -0.4 is 15.6 Å². The van der Waals surface area contributed by atoms with Crippen LogP contribution in [-0.4, -0.2) is 92.7 Å². The quantitative estimate of drug-likeness (QED) is 0.225. The van der Waals surface area contributed by atoms with Crippen LogP contribution in [-0.2, 0) is 31.8 Å². The molecule has 2 unspecified atom stereocenters. The number of hydrogen-bond donors (Lipinski definition) is 1. The van der Waals surface area contributed by atoms with E-state index in [1.807, 2.05) is 24.3 Å². The van der Waals surface area contributed by atoms with Crippen molar-refractivity contribution in [2.75, 3.05) is 32.8 Å². The summed E-state index contributed by atoms with van der Waals surface area (Å²) >= 11 is 6.59. The van der Waals surface area contributed by atoms with Crippen LogP contribution in [0.2, 0.25) is 5.02 Å². The number of benzene rings is 3. The molecule has 3 atom stereocenters. The van der Waals surface area contributed by atoms with Crippen molar-refractivity contribution in [2.24, 2.45) is 5.92 Å². The standard InChI is InChI=1S/C50H53ClN6O6/c51-37-5-4-6-39-42(37)45(60)53-48-50(17-2-1-3-18-50)36-26-30(8-12-38(36)57(39)48)29-15-21-54(22-16-29)32-9-7-31(25-32)46(61)55-23-19-49(20-24-55)28-63-43-34-27-56(40-13-14-41(58)52-44(40)59)47(62)33(34)10-11-35(43)49/h4-6,8,10-12,26,29,31-32,40H,1-3,7,9,13-25,27-28H2,(H,52,58,59)/t31?,32?,40-/m0/s1. The molecule has 7 heterocycles. The summed E-state index contributed by atoms with van der Waals surface area (Å²) < 4.78 is 8.63. The number of ether oxygens (including phenoxy) is 1. The van der Waals surface area contributed by atoms with Gasteiger partial charge in [0.1, 0.15) is 17.6 Å². The number of imide groups is 1. The first kappa shape index (κ1) is 39.5. The van der Waals surface area contributed by atoms with Gasteiger partial charge < -0.3 is 19.4 Å². The molecular weight excluding hydrogens is 816 g/mol. The van der Waals surface area contributed by atoms with Crippen LogP contribution >= 0.6 is 11.6 Å². The van der Waals surface area contributed by atoms with Gasteiger partial charge in [0, 0.05) is 53.6 Å². The molecule has 4 amide bonds. The van der Waals surface area contributed by atoms with Crippen molar-refractivity contribution in [3.8, 4) is 11.4 Å². The molecule has 3 saturated heterocycles. The highest BCUT2D eigenvalue weighted by molar-refractivity contribution is 6.35. The lowest BCUT2D eigenvalue weighted by Gasteiger charge is -2.40. The number of fused-ring (bicyclic) bond motifs is 11. The van der Waals surface area contributed by atoms with Gasteiger partial charge in [0.05, 0.1) is 40.2 Å². The summed E-state index contributed by atoms with van der Waals surface area (Å²) in [4.78, 5) is 76.5. The van der Waals surface area contributed by atoms with Crippen LogP contribution in [0.15, 0.2) is 53.3 Å². The first-order chi connectivity index (χ1) is 30.6. The van der Waals surface area contributed by atoms with E-state index in [4.69, 9.17) is 21.3 Å². The van der Waals surface area contributed by atoms with Crippen molar-refractivity contribution in [1.29, 1.82) is 0 Å². The van der Waals surface area contributed by atoms with Crippen LogP contribution in [0.3, 0.4) is 0 Å². The summed E-state index contributed by atoms with van der Waals surface area (Å²) in [7, 11) is 0. The molecule has 12 nitrogen and oxygen atoms in total. The van der Waals surface area contributed by atoms with Gasteiger partial charge >= 0.3 is 0 Å². The Morgan fingerprint density at radius 1 is 0.857 bits per heavy atom. The van der Waals surface area contributed by atoms with E-state index >= 15 is 0 Å². The summed E-state index contributed by atoms with van der Waals surface area (Å²) in [5, 5.41) is 3.33. The molecule has 5 fully saturated rings. The van der Waals surface area contributed by atoms with Gasteiger partial charge in [-0.05, 0) is 119 Å². The molecule has 4 aromatic rings. The van der Waals surface area contributed by atoms with Crippen molar-refractivity contribution in [3.63, 3.8) is 0 Å². The molecule has 2 aliphatic carbocycles. The van der Waals surface area contributed by atoms with Crippen LogP contribution in [0.25, 0.3) is 16.6 Å². The molecule has 2 spiro atoms. The lowest BCUT2D eigenvalue weighted by atomic mass is 9.69. The number of aromatic nitrogens is 2. The number of nitrogens with one attached hydrogen (secondary N) is 1. The van der Waals surface area contributed by atoms with Gasteiger partial charge in [0.2, 0.25) is 17.7 Å². The van der Waals surface area contributed by atoms with Gasteiger partial charge in [-0.2, -0.15) is 4.98 Å². The van der Waals surface area contributed by atoms with Crippen LogP contribution in [0.1, 0.15) is 134 Å². The van der Waals surface area contributed by atoms with Crippen LogP contribution in [0.5, 0.6) is 5.75 Å². The van der Waals surface area contributed by atoms with Crippen LogP contribution in [0.4, 0.5) is 0 Å². The van der Waals surface area contributed by atoms with Gasteiger partial charge in [-0.15, -0.1) is 0 Å². The molecule has 1 aromatic heterocycles. The Morgan fingerprint density at radius 3 is 2.46 bits per heavy atom. The number of carbonyl (C=O) groups excluding carboxylic acids is 4. The lowest BCUT2D eigenvalue weighted by molar-refractivity contribution is -0.138. The maximum atomic E-state index is 14.1. The minimum Gasteiger partial charge on any atom is -0.492 e. The number of nitrogens with zero attached hydrogens (tertiary/aromatic N) is 5. The minimum atomic E-state index is -0.662. The maximum Gasteiger partial charge on any atom is 0.282 e. The molecule has 0 bridgehead atoms. The fraction of sp³-hybridized carbons (Fsp3) is 0.520. The van der Waals surface area contributed by atoms with E-state index in [2.05, 4.69) is 37.9 Å². The Hall–Kier alpha value is -5.07. The summed E-state index contributed by atoms with van der Waals surface area (Å²) in [6.07, 6.45) is 12.7. The van der Waals surface area contributed by atoms with E-state index in [0.29, 0.717) is 66.5 Å². The second-order valence-electron chi connectivity index (χ2n) is 19.9. The van der Waals surface area contributed by atoms with Crippen molar-refractivity contribution in [2.45, 2.75) is 125 Å². The Balaban J connectivity index is 0.685. The van der Waals surface area contributed by atoms with Gasteiger partial charge in [-0.25, -0.2) is 0 Å².